The van der Waals surface area contributed by atoms with Gasteiger partial charge in [-0.25, -0.2) is 4.39 Å². The number of nitrogens with one attached hydrogen (secondary N) is 1. The molecule has 0 amide bonds. The SMILES string of the molecule is Fc1cccc(C2CC(NCc3ccco3)C2)c1. The van der Waals surface area contributed by atoms with Crippen molar-refractivity contribution in [2.24, 2.45) is 0 Å². The first-order valence-electron chi connectivity index (χ1n) is 6.32. The van der Waals surface area contributed by atoms with Crippen LogP contribution in [0.25, 0.3) is 0 Å². The molecule has 0 unspecified atom stereocenters. The molecule has 1 aliphatic rings. The largest absolute Gasteiger partial charge is 0.468 e. The normalized spacial score (nSPS) is 22.7. The van der Waals surface area contributed by atoms with Crippen LogP contribution in [0.1, 0.15) is 30.1 Å². The van der Waals surface area contributed by atoms with Crippen LogP contribution < -0.4 is 5.32 Å². The van der Waals surface area contributed by atoms with E-state index in [1.165, 1.54) is 6.07 Å². The van der Waals surface area contributed by atoms with Crippen molar-refractivity contribution >= 4 is 0 Å². The van der Waals surface area contributed by atoms with E-state index >= 15 is 0 Å². The summed E-state index contributed by atoms with van der Waals surface area (Å²) in [5.74, 6) is 1.32. The van der Waals surface area contributed by atoms with Crippen LogP contribution in [0.3, 0.4) is 0 Å². The molecule has 0 atom stereocenters. The minimum Gasteiger partial charge on any atom is -0.468 e. The standard InChI is InChI=1S/C15H16FNO/c16-13-4-1-3-11(7-13)12-8-14(9-12)17-10-15-5-2-6-18-15/h1-7,12,14,17H,8-10H2. The summed E-state index contributed by atoms with van der Waals surface area (Å²) in [7, 11) is 0. The van der Waals surface area contributed by atoms with Gasteiger partial charge in [0.1, 0.15) is 11.6 Å². The molecule has 1 aromatic carbocycles. The molecule has 94 valence electrons. The minimum atomic E-state index is -0.139. The van der Waals surface area contributed by atoms with Gasteiger partial charge in [0, 0.05) is 6.04 Å². The fourth-order valence-corrected chi connectivity index (χ4v) is 2.48. The van der Waals surface area contributed by atoms with Gasteiger partial charge in [-0.2, -0.15) is 0 Å². The zero-order valence-corrected chi connectivity index (χ0v) is 10.1. The van der Waals surface area contributed by atoms with Crippen molar-refractivity contribution in [3.05, 3.63) is 59.8 Å². The van der Waals surface area contributed by atoms with Gasteiger partial charge in [0.05, 0.1) is 12.8 Å². The first kappa shape index (κ1) is 11.5. The Morgan fingerprint density at radius 2 is 2.11 bits per heavy atom. The van der Waals surface area contributed by atoms with Crippen LogP contribution in [0.5, 0.6) is 0 Å². The number of halogens is 1. The van der Waals surface area contributed by atoms with Gasteiger partial charge < -0.3 is 9.73 Å². The summed E-state index contributed by atoms with van der Waals surface area (Å²) in [6.45, 7) is 0.771. The average Bonchev–Trinajstić information content (AvgIpc) is 2.80. The van der Waals surface area contributed by atoms with E-state index in [4.69, 9.17) is 4.42 Å². The van der Waals surface area contributed by atoms with Crippen LogP contribution in [0.4, 0.5) is 4.39 Å². The lowest BCUT2D eigenvalue weighted by molar-refractivity contribution is 0.281. The maximum absolute atomic E-state index is 13.1. The van der Waals surface area contributed by atoms with Crippen LogP contribution in [0.15, 0.2) is 47.1 Å². The van der Waals surface area contributed by atoms with Crippen molar-refractivity contribution in [2.75, 3.05) is 0 Å². The first-order valence-corrected chi connectivity index (χ1v) is 6.32. The minimum absolute atomic E-state index is 0.139. The first-order chi connectivity index (χ1) is 8.81. The van der Waals surface area contributed by atoms with Crippen LogP contribution in [-0.2, 0) is 6.54 Å². The number of rotatable bonds is 4. The topological polar surface area (TPSA) is 25.2 Å². The summed E-state index contributed by atoms with van der Waals surface area (Å²) in [5.41, 5.74) is 1.12. The molecule has 1 N–H and O–H groups in total. The van der Waals surface area contributed by atoms with Gasteiger partial charge in [-0.15, -0.1) is 0 Å². The zero-order valence-electron chi connectivity index (χ0n) is 10.1. The van der Waals surface area contributed by atoms with E-state index < -0.39 is 0 Å². The summed E-state index contributed by atoms with van der Waals surface area (Å²) in [4.78, 5) is 0. The molecule has 1 aromatic heterocycles. The second kappa shape index (κ2) is 4.94. The Bertz CT molecular complexity index is 503. The lowest BCUT2D eigenvalue weighted by atomic mass is 9.76. The molecule has 1 fully saturated rings. The molecule has 0 spiro atoms. The highest BCUT2D eigenvalue weighted by Crippen LogP contribution is 2.37. The summed E-state index contributed by atoms with van der Waals surface area (Å²) in [6, 6.07) is 11.3. The van der Waals surface area contributed by atoms with E-state index in [1.54, 1.807) is 18.4 Å². The van der Waals surface area contributed by atoms with Crippen LogP contribution in [-0.4, -0.2) is 6.04 Å². The molecule has 0 saturated heterocycles. The van der Waals surface area contributed by atoms with Crippen molar-refractivity contribution in [1.82, 2.24) is 5.32 Å². The molecule has 1 aliphatic carbocycles. The van der Waals surface area contributed by atoms with Gasteiger partial charge >= 0.3 is 0 Å². The molecule has 0 radical (unpaired) electrons. The lowest BCUT2D eigenvalue weighted by Crippen LogP contribution is -2.39. The Morgan fingerprint density at radius 3 is 2.83 bits per heavy atom. The quantitative estimate of drug-likeness (QED) is 0.892. The van der Waals surface area contributed by atoms with Gasteiger partial charge in [-0.05, 0) is 48.6 Å². The van der Waals surface area contributed by atoms with E-state index in [2.05, 4.69) is 5.32 Å². The highest BCUT2D eigenvalue weighted by molar-refractivity contribution is 5.23. The predicted octanol–water partition coefficient (Wildman–Crippen LogP) is 3.45. The van der Waals surface area contributed by atoms with E-state index in [0.717, 1.165) is 30.7 Å². The van der Waals surface area contributed by atoms with E-state index in [0.29, 0.717) is 12.0 Å². The molecule has 3 rings (SSSR count). The Labute approximate surface area is 106 Å². The van der Waals surface area contributed by atoms with Crippen molar-refractivity contribution in [1.29, 1.82) is 0 Å². The number of hydrogen-bond acceptors (Lipinski definition) is 2. The number of hydrogen-bond donors (Lipinski definition) is 1. The third-order valence-corrected chi connectivity index (χ3v) is 3.60. The maximum atomic E-state index is 13.1. The van der Waals surface area contributed by atoms with Crippen LogP contribution in [0.2, 0.25) is 0 Å². The summed E-state index contributed by atoms with van der Waals surface area (Å²) >= 11 is 0. The number of furan rings is 1. The molecule has 0 bridgehead atoms. The molecule has 2 nitrogen and oxygen atoms in total. The van der Waals surface area contributed by atoms with Gasteiger partial charge in [0.2, 0.25) is 0 Å². The van der Waals surface area contributed by atoms with Crippen molar-refractivity contribution < 1.29 is 8.81 Å². The van der Waals surface area contributed by atoms with E-state index in [-0.39, 0.29) is 5.82 Å². The summed E-state index contributed by atoms with van der Waals surface area (Å²) < 4.78 is 18.4. The highest BCUT2D eigenvalue weighted by atomic mass is 19.1. The van der Waals surface area contributed by atoms with Gasteiger partial charge in [-0.1, -0.05) is 12.1 Å². The third-order valence-electron chi connectivity index (χ3n) is 3.60. The Morgan fingerprint density at radius 1 is 1.22 bits per heavy atom. The third kappa shape index (κ3) is 2.46. The lowest BCUT2D eigenvalue weighted by Gasteiger charge is -2.36. The predicted molar refractivity (Wildman–Crippen MR) is 67.7 cm³/mol. The van der Waals surface area contributed by atoms with Gasteiger partial charge in [-0.3, -0.25) is 0 Å². The fourth-order valence-electron chi connectivity index (χ4n) is 2.48. The molecular weight excluding hydrogens is 229 g/mol. The summed E-state index contributed by atoms with van der Waals surface area (Å²) in [5, 5.41) is 3.45. The Kier molecular flexibility index (Phi) is 3.15. The Balaban J connectivity index is 1.48. The summed E-state index contributed by atoms with van der Waals surface area (Å²) in [6.07, 6.45) is 3.83. The second-order valence-electron chi connectivity index (χ2n) is 4.88. The maximum Gasteiger partial charge on any atom is 0.123 e. The highest BCUT2D eigenvalue weighted by Gasteiger charge is 2.29. The number of benzene rings is 1. The van der Waals surface area contributed by atoms with Gasteiger partial charge in [0.25, 0.3) is 0 Å². The molecule has 0 aliphatic heterocycles. The molecule has 18 heavy (non-hydrogen) atoms. The van der Waals surface area contributed by atoms with Crippen molar-refractivity contribution in [2.45, 2.75) is 31.3 Å². The fraction of sp³-hybridized carbons (Fsp3) is 0.333. The molecule has 1 saturated carbocycles. The Hall–Kier alpha value is -1.61. The molecular formula is C15H16FNO. The molecule has 3 heteroatoms. The van der Waals surface area contributed by atoms with Crippen LogP contribution >= 0.6 is 0 Å². The van der Waals surface area contributed by atoms with E-state index in [1.807, 2.05) is 18.2 Å². The van der Waals surface area contributed by atoms with E-state index in [9.17, 15) is 4.39 Å². The van der Waals surface area contributed by atoms with Crippen LogP contribution in [0, 0.1) is 5.82 Å². The van der Waals surface area contributed by atoms with Crippen molar-refractivity contribution in [3.8, 4) is 0 Å². The van der Waals surface area contributed by atoms with Gasteiger partial charge in [0.15, 0.2) is 0 Å². The molecule has 2 aromatic rings. The monoisotopic (exact) mass is 245 g/mol. The zero-order chi connectivity index (χ0) is 12.4. The molecule has 1 heterocycles. The average molecular weight is 245 g/mol. The smallest absolute Gasteiger partial charge is 0.123 e. The van der Waals surface area contributed by atoms with Crippen molar-refractivity contribution in [3.63, 3.8) is 0 Å². The second-order valence-corrected chi connectivity index (χ2v) is 4.88.